The van der Waals surface area contributed by atoms with E-state index in [2.05, 4.69) is 5.32 Å². The van der Waals surface area contributed by atoms with Crippen LogP contribution in [-0.4, -0.2) is 55.7 Å². The molecule has 0 aromatic carbocycles. The van der Waals surface area contributed by atoms with Gasteiger partial charge >= 0.3 is 0 Å². The Bertz CT molecular complexity index is 30.5. The summed E-state index contributed by atoms with van der Waals surface area (Å²) in [5.74, 6) is 0. The molecule has 0 unspecified atom stereocenters. The van der Waals surface area contributed by atoms with E-state index < -0.39 is 0 Å². The maximum Gasteiger partial charge on any atom is 0.00750 e. The average Bonchev–Trinajstić information content (AvgIpc) is 1.69. The normalized spacial score (nSPS) is 8.25. The fourth-order valence-electron chi connectivity index (χ4n) is 0.329. The zero-order chi connectivity index (χ0) is 5.54. The first-order valence-electron chi connectivity index (χ1n) is 2.52. The van der Waals surface area contributed by atoms with Crippen molar-refractivity contribution in [3.63, 3.8) is 0 Å². The Labute approximate surface area is 72.5 Å². The van der Waals surface area contributed by atoms with Crippen LogP contribution in [-0.2, 0) is 0 Å². The molecule has 4 heteroatoms. The van der Waals surface area contributed by atoms with E-state index in [1.54, 1.807) is 0 Å². The molecule has 0 aromatic rings. The predicted molar refractivity (Wildman–Crippen MR) is 36.7 cm³/mol. The van der Waals surface area contributed by atoms with Crippen molar-refractivity contribution in [2.75, 3.05) is 26.2 Å². The molecule has 5 N–H and O–H groups in total. The van der Waals surface area contributed by atoms with Crippen LogP contribution in [0.1, 0.15) is 0 Å². The SMILES string of the molecule is NCCNCCN.[Na]. The van der Waals surface area contributed by atoms with Gasteiger partial charge in [-0.25, -0.2) is 0 Å². The third-order valence-electron chi connectivity index (χ3n) is 0.642. The smallest absolute Gasteiger partial charge is 0.00750 e. The van der Waals surface area contributed by atoms with Crippen LogP contribution in [0.5, 0.6) is 0 Å². The zero-order valence-corrected chi connectivity index (χ0v) is 7.48. The Morgan fingerprint density at radius 2 is 1.38 bits per heavy atom. The topological polar surface area (TPSA) is 64.1 Å². The van der Waals surface area contributed by atoms with Crippen LogP contribution >= 0.6 is 0 Å². The van der Waals surface area contributed by atoms with Crippen molar-refractivity contribution in [3.05, 3.63) is 0 Å². The van der Waals surface area contributed by atoms with E-state index in [0.717, 1.165) is 13.1 Å². The minimum Gasteiger partial charge on any atom is -0.329 e. The number of nitrogens with two attached hydrogens (primary N) is 2. The standard InChI is InChI=1S/C4H13N3.Na/c5-1-3-7-4-2-6;/h7H,1-6H2;. The third-order valence-corrected chi connectivity index (χ3v) is 0.642. The molecule has 0 aromatic heterocycles. The predicted octanol–water partition coefficient (Wildman–Crippen LogP) is -1.89. The second-order valence-corrected chi connectivity index (χ2v) is 1.33. The summed E-state index contributed by atoms with van der Waals surface area (Å²) in [4.78, 5) is 0. The van der Waals surface area contributed by atoms with E-state index in [-0.39, 0.29) is 29.6 Å². The number of hydrogen-bond donors (Lipinski definition) is 3. The van der Waals surface area contributed by atoms with E-state index in [9.17, 15) is 0 Å². The molecule has 0 aliphatic heterocycles. The van der Waals surface area contributed by atoms with Gasteiger partial charge in [0.05, 0.1) is 0 Å². The monoisotopic (exact) mass is 126 g/mol. The summed E-state index contributed by atoms with van der Waals surface area (Å²) in [6.45, 7) is 3.13. The Morgan fingerprint density at radius 1 is 1.00 bits per heavy atom. The van der Waals surface area contributed by atoms with Crippen LogP contribution in [0.25, 0.3) is 0 Å². The van der Waals surface area contributed by atoms with Gasteiger partial charge in [0, 0.05) is 55.7 Å². The van der Waals surface area contributed by atoms with Crippen LogP contribution in [0.2, 0.25) is 0 Å². The van der Waals surface area contributed by atoms with E-state index in [4.69, 9.17) is 11.5 Å². The van der Waals surface area contributed by atoms with E-state index in [1.807, 2.05) is 0 Å². The van der Waals surface area contributed by atoms with Gasteiger partial charge in [-0.15, -0.1) is 0 Å². The van der Waals surface area contributed by atoms with Crippen LogP contribution in [0.15, 0.2) is 0 Å². The van der Waals surface area contributed by atoms with Crippen molar-refractivity contribution in [2.45, 2.75) is 0 Å². The van der Waals surface area contributed by atoms with Gasteiger partial charge in [0.15, 0.2) is 0 Å². The summed E-state index contributed by atoms with van der Waals surface area (Å²) in [6.07, 6.45) is 0. The molecule has 3 nitrogen and oxygen atoms in total. The minimum absolute atomic E-state index is 0. The first-order chi connectivity index (χ1) is 3.41. The van der Waals surface area contributed by atoms with Gasteiger partial charge in [0.25, 0.3) is 0 Å². The molecule has 0 amide bonds. The zero-order valence-electron chi connectivity index (χ0n) is 5.48. The van der Waals surface area contributed by atoms with Crippen LogP contribution in [0.4, 0.5) is 0 Å². The van der Waals surface area contributed by atoms with Crippen molar-refractivity contribution in [1.29, 1.82) is 0 Å². The largest absolute Gasteiger partial charge is 0.329 e. The van der Waals surface area contributed by atoms with Crippen molar-refractivity contribution in [3.8, 4) is 0 Å². The van der Waals surface area contributed by atoms with Crippen molar-refractivity contribution in [1.82, 2.24) is 5.32 Å². The van der Waals surface area contributed by atoms with Crippen molar-refractivity contribution >= 4 is 29.6 Å². The van der Waals surface area contributed by atoms with Gasteiger partial charge in [-0.2, -0.15) is 0 Å². The fraction of sp³-hybridized carbons (Fsp3) is 1.00. The fourth-order valence-corrected chi connectivity index (χ4v) is 0.329. The van der Waals surface area contributed by atoms with E-state index in [1.165, 1.54) is 0 Å². The minimum atomic E-state index is 0. The first kappa shape index (κ1) is 11.6. The molecular formula is C4H13N3Na. The summed E-state index contributed by atoms with van der Waals surface area (Å²) < 4.78 is 0. The number of nitrogens with one attached hydrogen (secondary N) is 1. The second kappa shape index (κ2) is 10.8. The molecule has 0 saturated carbocycles. The Hall–Kier alpha value is 0.880. The molecule has 0 saturated heterocycles. The molecule has 0 atom stereocenters. The van der Waals surface area contributed by atoms with Gasteiger partial charge < -0.3 is 16.8 Å². The van der Waals surface area contributed by atoms with Gasteiger partial charge in [0.1, 0.15) is 0 Å². The summed E-state index contributed by atoms with van der Waals surface area (Å²) in [5, 5.41) is 3.03. The van der Waals surface area contributed by atoms with Crippen LogP contribution in [0, 0.1) is 0 Å². The molecule has 0 spiro atoms. The Balaban J connectivity index is 0. The molecule has 1 radical (unpaired) electrons. The summed E-state index contributed by atoms with van der Waals surface area (Å²) in [7, 11) is 0. The van der Waals surface area contributed by atoms with Crippen molar-refractivity contribution < 1.29 is 0 Å². The Morgan fingerprint density at radius 3 is 1.62 bits per heavy atom. The molecule has 0 aliphatic rings. The Kier molecular flexibility index (Phi) is 15.7. The van der Waals surface area contributed by atoms with E-state index in [0.29, 0.717) is 13.1 Å². The maximum absolute atomic E-state index is 5.17. The first-order valence-corrected chi connectivity index (χ1v) is 2.52. The van der Waals surface area contributed by atoms with Crippen molar-refractivity contribution in [2.24, 2.45) is 11.5 Å². The molecule has 0 heterocycles. The molecule has 0 fully saturated rings. The maximum atomic E-state index is 5.17. The molecule has 0 rings (SSSR count). The average molecular weight is 126 g/mol. The molecule has 8 heavy (non-hydrogen) atoms. The second-order valence-electron chi connectivity index (χ2n) is 1.33. The molecule has 0 bridgehead atoms. The molecule has 45 valence electrons. The summed E-state index contributed by atoms with van der Waals surface area (Å²) >= 11 is 0. The van der Waals surface area contributed by atoms with E-state index >= 15 is 0 Å². The molecular weight excluding hydrogens is 113 g/mol. The van der Waals surface area contributed by atoms with Gasteiger partial charge in [-0.1, -0.05) is 0 Å². The van der Waals surface area contributed by atoms with Gasteiger partial charge in [0.2, 0.25) is 0 Å². The quantitative estimate of drug-likeness (QED) is 0.305. The number of hydrogen-bond acceptors (Lipinski definition) is 3. The van der Waals surface area contributed by atoms with Gasteiger partial charge in [-0.3, -0.25) is 0 Å². The number of rotatable bonds is 4. The van der Waals surface area contributed by atoms with Crippen LogP contribution in [0.3, 0.4) is 0 Å². The van der Waals surface area contributed by atoms with Crippen LogP contribution < -0.4 is 16.8 Å². The third kappa shape index (κ3) is 9.99. The summed E-state index contributed by atoms with van der Waals surface area (Å²) in [6, 6.07) is 0. The summed E-state index contributed by atoms with van der Waals surface area (Å²) in [5.41, 5.74) is 10.3. The van der Waals surface area contributed by atoms with Gasteiger partial charge in [-0.05, 0) is 0 Å². The molecule has 0 aliphatic carbocycles.